The van der Waals surface area contributed by atoms with Gasteiger partial charge in [0.15, 0.2) is 0 Å². The fourth-order valence-electron chi connectivity index (χ4n) is 3.48. The van der Waals surface area contributed by atoms with Crippen LogP contribution in [0, 0.1) is 0 Å². The lowest BCUT2D eigenvalue weighted by molar-refractivity contribution is 0.243. The van der Waals surface area contributed by atoms with Gasteiger partial charge in [-0.3, -0.25) is 4.90 Å². The Morgan fingerprint density at radius 1 is 1.14 bits per heavy atom. The van der Waals surface area contributed by atoms with Gasteiger partial charge in [0, 0.05) is 41.9 Å². The van der Waals surface area contributed by atoms with Crippen molar-refractivity contribution < 1.29 is 0 Å². The molecule has 21 heavy (non-hydrogen) atoms. The summed E-state index contributed by atoms with van der Waals surface area (Å²) in [5, 5.41) is 0. The number of rotatable bonds is 2. The van der Waals surface area contributed by atoms with Crippen LogP contribution in [-0.2, 0) is 13.0 Å². The molecule has 1 unspecified atom stereocenters. The Balaban J connectivity index is 1.50. The Bertz CT molecular complexity index is 668. The van der Waals surface area contributed by atoms with Crippen LogP contribution in [0.2, 0.25) is 0 Å². The summed E-state index contributed by atoms with van der Waals surface area (Å²) in [6.45, 7) is 3.38. The Hall–Kier alpha value is -1.45. The average molecular weight is 296 g/mol. The first kappa shape index (κ1) is 13.2. The molecule has 4 rings (SSSR count). The predicted octanol–water partition coefficient (Wildman–Crippen LogP) is 3.52. The molecule has 3 heteroatoms. The van der Waals surface area contributed by atoms with Crippen molar-refractivity contribution in [2.75, 3.05) is 24.6 Å². The summed E-state index contributed by atoms with van der Waals surface area (Å²) in [6, 6.07) is 15.3. The maximum Gasteiger partial charge on any atom is 0.0317 e. The molecule has 0 radical (unpaired) electrons. The summed E-state index contributed by atoms with van der Waals surface area (Å²) in [5.74, 6) is 1.90. The minimum atomic E-state index is 0.675. The predicted molar refractivity (Wildman–Crippen MR) is 89.7 cm³/mol. The van der Waals surface area contributed by atoms with Gasteiger partial charge in [-0.05, 0) is 41.3 Å². The number of nitrogens with two attached hydrogens (primary N) is 1. The van der Waals surface area contributed by atoms with Crippen LogP contribution in [-0.4, -0.2) is 23.7 Å². The topological polar surface area (TPSA) is 29.3 Å². The first-order chi connectivity index (χ1) is 10.3. The highest BCUT2D eigenvalue weighted by Gasteiger charge is 2.26. The lowest BCUT2D eigenvalue weighted by atomic mass is 9.96. The largest absolute Gasteiger partial charge is 0.399 e. The Morgan fingerprint density at radius 3 is 3.00 bits per heavy atom. The minimum Gasteiger partial charge on any atom is -0.399 e. The minimum absolute atomic E-state index is 0.675. The molecular formula is C18H20N2S. The van der Waals surface area contributed by atoms with Crippen LogP contribution in [0.3, 0.4) is 0 Å². The standard InChI is InChI=1S/C18H20N2S/c19-16-6-5-13-7-8-20(10-14(13)9-16)11-15-12-21-18-4-2-1-3-17(15)18/h1-6,9,15H,7-8,10-12,19H2. The molecule has 0 fully saturated rings. The normalized spacial score (nSPS) is 21.0. The first-order valence-electron chi connectivity index (χ1n) is 7.61. The van der Waals surface area contributed by atoms with Crippen LogP contribution in [0.25, 0.3) is 0 Å². The van der Waals surface area contributed by atoms with Gasteiger partial charge < -0.3 is 5.73 Å². The van der Waals surface area contributed by atoms with Gasteiger partial charge in [0.25, 0.3) is 0 Å². The van der Waals surface area contributed by atoms with Crippen LogP contribution < -0.4 is 5.73 Å². The van der Waals surface area contributed by atoms with Gasteiger partial charge in [-0.1, -0.05) is 24.3 Å². The lowest BCUT2D eigenvalue weighted by Gasteiger charge is -2.31. The van der Waals surface area contributed by atoms with Gasteiger partial charge >= 0.3 is 0 Å². The Labute approximate surface area is 130 Å². The van der Waals surface area contributed by atoms with Crippen molar-refractivity contribution in [1.82, 2.24) is 4.90 Å². The van der Waals surface area contributed by atoms with Crippen molar-refractivity contribution in [1.29, 1.82) is 0 Å². The van der Waals surface area contributed by atoms with E-state index in [9.17, 15) is 0 Å². The van der Waals surface area contributed by atoms with Crippen LogP contribution >= 0.6 is 11.8 Å². The molecule has 2 heterocycles. The zero-order chi connectivity index (χ0) is 14.2. The second-order valence-corrected chi connectivity index (χ2v) is 7.12. The van der Waals surface area contributed by atoms with Crippen molar-refractivity contribution in [2.45, 2.75) is 23.8 Å². The zero-order valence-electron chi connectivity index (χ0n) is 12.1. The number of fused-ring (bicyclic) bond motifs is 2. The van der Waals surface area contributed by atoms with E-state index < -0.39 is 0 Å². The molecule has 108 valence electrons. The summed E-state index contributed by atoms with van der Waals surface area (Å²) in [5.41, 5.74) is 11.3. The van der Waals surface area contributed by atoms with Gasteiger partial charge in [-0.2, -0.15) is 0 Å². The summed E-state index contributed by atoms with van der Waals surface area (Å²) in [7, 11) is 0. The number of nitrogens with zero attached hydrogens (tertiary/aromatic N) is 1. The molecule has 0 aliphatic carbocycles. The molecule has 2 aliphatic rings. The second kappa shape index (κ2) is 5.39. The van der Waals surface area contributed by atoms with E-state index in [0.717, 1.165) is 25.2 Å². The summed E-state index contributed by atoms with van der Waals surface area (Å²) >= 11 is 2.01. The van der Waals surface area contributed by atoms with Crippen LogP contribution in [0.15, 0.2) is 47.4 Å². The van der Waals surface area contributed by atoms with Crippen molar-refractivity contribution >= 4 is 17.4 Å². The molecule has 1 atom stereocenters. The Kier molecular flexibility index (Phi) is 3.40. The molecule has 2 nitrogen and oxygen atoms in total. The fourth-order valence-corrected chi connectivity index (χ4v) is 4.73. The summed E-state index contributed by atoms with van der Waals surface area (Å²) in [6.07, 6.45) is 1.15. The number of hydrogen-bond acceptors (Lipinski definition) is 3. The molecule has 2 aromatic carbocycles. The number of anilines is 1. The molecule has 0 bridgehead atoms. The molecular weight excluding hydrogens is 276 g/mol. The SMILES string of the molecule is Nc1ccc2c(c1)CN(CC1CSc3ccccc31)CC2. The van der Waals surface area contributed by atoms with Crippen LogP contribution in [0.1, 0.15) is 22.6 Å². The third kappa shape index (κ3) is 2.56. The highest BCUT2D eigenvalue weighted by molar-refractivity contribution is 7.99. The Morgan fingerprint density at radius 2 is 2.05 bits per heavy atom. The van der Waals surface area contributed by atoms with E-state index >= 15 is 0 Å². The second-order valence-electron chi connectivity index (χ2n) is 6.06. The fraction of sp³-hybridized carbons (Fsp3) is 0.333. The van der Waals surface area contributed by atoms with Crippen molar-refractivity contribution in [3.05, 3.63) is 59.2 Å². The number of benzene rings is 2. The van der Waals surface area contributed by atoms with Gasteiger partial charge in [0.1, 0.15) is 0 Å². The molecule has 0 spiro atoms. The number of hydrogen-bond donors (Lipinski definition) is 1. The monoisotopic (exact) mass is 296 g/mol. The average Bonchev–Trinajstić information content (AvgIpc) is 2.90. The van der Waals surface area contributed by atoms with E-state index in [-0.39, 0.29) is 0 Å². The third-order valence-corrected chi connectivity index (χ3v) is 5.85. The quantitative estimate of drug-likeness (QED) is 0.860. The highest BCUT2D eigenvalue weighted by atomic mass is 32.2. The molecule has 0 aromatic heterocycles. The van der Waals surface area contributed by atoms with Crippen molar-refractivity contribution in [3.8, 4) is 0 Å². The van der Waals surface area contributed by atoms with E-state index in [0.29, 0.717) is 5.92 Å². The number of thioether (sulfide) groups is 1. The van der Waals surface area contributed by atoms with Crippen LogP contribution in [0.4, 0.5) is 5.69 Å². The van der Waals surface area contributed by atoms with Crippen LogP contribution in [0.5, 0.6) is 0 Å². The molecule has 0 saturated heterocycles. The maximum absolute atomic E-state index is 5.93. The van der Waals surface area contributed by atoms with Crippen molar-refractivity contribution in [2.24, 2.45) is 0 Å². The molecule has 0 amide bonds. The maximum atomic E-state index is 5.93. The lowest BCUT2D eigenvalue weighted by Crippen LogP contribution is -2.34. The van der Waals surface area contributed by atoms with E-state index in [4.69, 9.17) is 5.73 Å². The van der Waals surface area contributed by atoms with E-state index in [1.807, 2.05) is 17.8 Å². The van der Waals surface area contributed by atoms with Gasteiger partial charge in [0.05, 0.1) is 0 Å². The van der Waals surface area contributed by atoms with E-state index in [2.05, 4.69) is 41.3 Å². The summed E-state index contributed by atoms with van der Waals surface area (Å²) in [4.78, 5) is 4.07. The smallest absolute Gasteiger partial charge is 0.0317 e. The molecule has 2 N–H and O–H groups in total. The highest BCUT2D eigenvalue weighted by Crippen LogP contribution is 2.40. The first-order valence-corrected chi connectivity index (χ1v) is 8.59. The summed E-state index contributed by atoms with van der Waals surface area (Å²) < 4.78 is 0. The third-order valence-electron chi connectivity index (χ3n) is 4.60. The number of nitrogen functional groups attached to an aromatic ring is 1. The van der Waals surface area contributed by atoms with Gasteiger partial charge in [-0.25, -0.2) is 0 Å². The zero-order valence-corrected chi connectivity index (χ0v) is 12.9. The van der Waals surface area contributed by atoms with Crippen molar-refractivity contribution in [3.63, 3.8) is 0 Å². The van der Waals surface area contributed by atoms with E-state index in [1.54, 1.807) is 5.56 Å². The van der Waals surface area contributed by atoms with E-state index in [1.165, 1.54) is 28.3 Å². The van der Waals surface area contributed by atoms with Gasteiger partial charge in [0.2, 0.25) is 0 Å². The van der Waals surface area contributed by atoms with Gasteiger partial charge in [-0.15, -0.1) is 11.8 Å². The molecule has 2 aromatic rings. The molecule has 2 aliphatic heterocycles. The molecule has 0 saturated carbocycles.